The first-order valence-corrected chi connectivity index (χ1v) is 11.0. The van der Waals surface area contributed by atoms with Gasteiger partial charge in [-0.3, -0.25) is 13.9 Å². The number of benzene rings is 1. The van der Waals surface area contributed by atoms with Crippen LogP contribution in [0.4, 0.5) is 0 Å². The van der Waals surface area contributed by atoms with Crippen LogP contribution in [0, 0.1) is 18.3 Å². The van der Waals surface area contributed by atoms with Crippen LogP contribution in [0.25, 0.3) is 16.9 Å². The molecule has 0 amide bonds. The minimum Gasteiger partial charge on any atom is -0.373 e. The highest BCUT2D eigenvalue weighted by atomic mass is 35.5. The highest BCUT2D eigenvalue weighted by Gasteiger charge is 2.28. The molecule has 8 nitrogen and oxygen atoms in total. The van der Waals surface area contributed by atoms with E-state index in [0.29, 0.717) is 29.2 Å². The smallest absolute Gasteiger partial charge is 0.277 e. The molecule has 4 aromatic rings. The lowest BCUT2D eigenvalue weighted by atomic mass is 9.90. The van der Waals surface area contributed by atoms with Gasteiger partial charge in [0, 0.05) is 43.1 Å². The zero-order valence-corrected chi connectivity index (χ0v) is 19.0. The predicted molar refractivity (Wildman–Crippen MR) is 123 cm³/mol. The van der Waals surface area contributed by atoms with Gasteiger partial charge in [0.1, 0.15) is 10.7 Å². The summed E-state index contributed by atoms with van der Waals surface area (Å²) in [6.07, 6.45) is 6.94. The van der Waals surface area contributed by atoms with Gasteiger partial charge >= 0.3 is 0 Å². The molecule has 166 valence electrons. The monoisotopic (exact) mass is 460 g/mol. The molecule has 1 fully saturated rings. The van der Waals surface area contributed by atoms with Crippen molar-refractivity contribution in [2.75, 3.05) is 6.61 Å². The van der Waals surface area contributed by atoms with Crippen LogP contribution in [-0.2, 0) is 11.8 Å². The topological polar surface area (TPSA) is 98.1 Å². The van der Waals surface area contributed by atoms with Crippen LogP contribution in [0.5, 0.6) is 0 Å². The molecule has 0 spiro atoms. The molecular formula is C24H21ClN6O2. The number of halogens is 1. The first kappa shape index (κ1) is 21.3. The molecule has 9 heteroatoms. The van der Waals surface area contributed by atoms with Crippen LogP contribution in [0.15, 0.2) is 47.7 Å². The molecular weight excluding hydrogens is 440 g/mol. The van der Waals surface area contributed by atoms with Crippen molar-refractivity contribution in [3.05, 3.63) is 80.7 Å². The Hall–Kier alpha value is -3.54. The fourth-order valence-electron chi connectivity index (χ4n) is 4.24. The van der Waals surface area contributed by atoms with Crippen LogP contribution in [0.3, 0.4) is 0 Å². The maximum absolute atomic E-state index is 13.0. The molecule has 33 heavy (non-hydrogen) atoms. The number of hydrogen-bond acceptors (Lipinski definition) is 6. The lowest BCUT2D eigenvalue weighted by Crippen LogP contribution is -2.23. The van der Waals surface area contributed by atoms with Gasteiger partial charge in [-0.05, 0) is 31.9 Å². The molecule has 1 aliphatic heterocycles. The summed E-state index contributed by atoms with van der Waals surface area (Å²) in [6, 6.07) is 9.23. The van der Waals surface area contributed by atoms with Crippen molar-refractivity contribution in [3.63, 3.8) is 0 Å². The van der Waals surface area contributed by atoms with E-state index in [4.69, 9.17) is 26.6 Å². The Morgan fingerprint density at radius 1 is 1.21 bits per heavy atom. The van der Waals surface area contributed by atoms with Gasteiger partial charge in [0.05, 0.1) is 35.3 Å². The van der Waals surface area contributed by atoms with Crippen molar-refractivity contribution in [1.82, 2.24) is 24.1 Å². The van der Waals surface area contributed by atoms with Crippen molar-refractivity contribution in [2.24, 2.45) is 7.05 Å². The number of ether oxygens (including phenoxy) is 1. The first-order chi connectivity index (χ1) is 15.9. The van der Waals surface area contributed by atoms with E-state index in [1.54, 1.807) is 29.9 Å². The van der Waals surface area contributed by atoms with Gasteiger partial charge in [-0.1, -0.05) is 23.7 Å². The molecule has 4 heterocycles. The number of aromatic nitrogens is 5. The Morgan fingerprint density at radius 3 is 2.70 bits per heavy atom. The van der Waals surface area contributed by atoms with E-state index < -0.39 is 0 Å². The number of aryl methyl sites for hydroxylation is 2. The van der Waals surface area contributed by atoms with Crippen LogP contribution in [-0.4, -0.2) is 30.8 Å². The SMILES string of the molecule is Cc1nc2c(-c3ccc(C#N)cc3)nc([C@@H]3CCO[C@H](c4cnn(C)c4)C3)cn2c(=O)c1Cl. The molecule has 1 saturated heterocycles. The van der Waals surface area contributed by atoms with Crippen LogP contribution >= 0.6 is 11.6 Å². The molecule has 0 N–H and O–H groups in total. The summed E-state index contributed by atoms with van der Waals surface area (Å²) in [4.78, 5) is 22.6. The number of fused-ring (bicyclic) bond motifs is 1. The Balaban J connectivity index is 1.64. The van der Waals surface area contributed by atoms with Gasteiger partial charge in [0.15, 0.2) is 5.65 Å². The summed E-state index contributed by atoms with van der Waals surface area (Å²) in [5.41, 5.74) is 4.27. The van der Waals surface area contributed by atoms with Crippen molar-refractivity contribution >= 4 is 17.2 Å². The van der Waals surface area contributed by atoms with Crippen LogP contribution in [0.2, 0.25) is 5.02 Å². The van der Waals surface area contributed by atoms with Gasteiger partial charge in [-0.15, -0.1) is 0 Å². The number of hydrogen-bond donors (Lipinski definition) is 0. The van der Waals surface area contributed by atoms with E-state index in [0.717, 1.165) is 29.7 Å². The van der Waals surface area contributed by atoms with E-state index in [2.05, 4.69) is 16.2 Å². The molecule has 1 aromatic carbocycles. The van der Waals surface area contributed by atoms with E-state index in [9.17, 15) is 4.79 Å². The normalized spacial score (nSPS) is 18.4. The number of nitrogens with zero attached hydrogens (tertiary/aromatic N) is 6. The Kier molecular flexibility index (Phi) is 5.44. The molecule has 0 bridgehead atoms. The molecule has 0 saturated carbocycles. The molecule has 5 rings (SSSR count). The van der Waals surface area contributed by atoms with Crippen LogP contribution in [0.1, 0.15) is 47.4 Å². The summed E-state index contributed by atoms with van der Waals surface area (Å²) >= 11 is 6.26. The Morgan fingerprint density at radius 2 is 2.00 bits per heavy atom. The molecule has 3 aromatic heterocycles. The van der Waals surface area contributed by atoms with Crippen molar-refractivity contribution in [1.29, 1.82) is 5.26 Å². The summed E-state index contributed by atoms with van der Waals surface area (Å²) in [5, 5.41) is 13.5. The third kappa shape index (κ3) is 3.90. The van der Waals surface area contributed by atoms with E-state index in [1.807, 2.05) is 31.6 Å². The van der Waals surface area contributed by atoms with E-state index in [-0.39, 0.29) is 22.6 Å². The molecule has 0 radical (unpaired) electrons. The van der Waals surface area contributed by atoms with Gasteiger partial charge in [-0.25, -0.2) is 9.97 Å². The summed E-state index contributed by atoms with van der Waals surface area (Å²) in [7, 11) is 1.88. The summed E-state index contributed by atoms with van der Waals surface area (Å²) < 4.78 is 9.25. The minimum absolute atomic E-state index is 0.0810. The van der Waals surface area contributed by atoms with E-state index in [1.165, 1.54) is 4.40 Å². The van der Waals surface area contributed by atoms with Crippen molar-refractivity contribution < 1.29 is 4.74 Å². The summed E-state index contributed by atoms with van der Waals surface area (Å²) in [5.74, 6) is 0.0810. The number of nitriles is 1. The predicted octanol–water partition coefficient (Wildman–Crippen LogP) is 3.96. The lowest BCUT2D eigenvalue weighted by Gasteiger charge is -2.29. The Bertz CT molecular complexity index is 1450. The second-order valence-corrected chi connectivity index (χ2v) is 8.62. The van der Waals surface area contributed by atoms with Crippen molar-refractivity contribution in [3.8, 4) is 17.3 Å². The maximum Gasteiger partial charge on any atom is 0.277 e. The fraction of sp³-hybridized carbons (Fsp3) is 0.292. The zero-order chi connectivity index (χ0) is 23.1. The second-order valence-electron chi connectivity index (χ2n) is 8.24. The average molecular weight is 461 g/mol. The highest BCUT2D eigenvalue weighted by Crippen LogP contribution is 2.37. The van der Waals surface area contributed by atoms with Gasteiger partial charge in [0.2, 0.25) is 0 Å². The average Bonchev–Trinajstić information content (AvgIpc) is 3.29. The van der Waals surface area contributed by atoms with Gasteiger partial charge < -0.3 is 4.74 Å². The van der Waals surface area contributed by atoms with Crippen molar-refractivity contribution in [2.45, 2.75) is 31.8 Å². The fourth-order valence-corrected chi connectivity index (χ4v) is 4.38. The zero-order valence-electron chi connectivity index (χ0n) is 18.2. The largest absolute Gasteiger partial charge is 0.373 e. The maximum atomic E-state index is 13.0. The third-order valence-corrected chi connectivity index (χ3v) is 6.46. The lowest BCUT2D eigenvalue weighted by molar-refractivity contribution is 0.00456. The van der Waals surface area contributed by atoms with Crippen LogP contribution < -0.4 is 5.56 Å². The summed E-state index contributed by atoms with van der Waals surface area (Å²) in [6.45, 7) is 2.29. The molecule has 1 aliphatic rings. The van der Waals surface area contributed by atoms with Gasteiger partial charge in [0.25, 0.3) is 5.56 Å². The third-order valence-electron chi connectivity index (χ3n) is 6.03. The molecule has 0 unspecified atom stereocenters. The number of rotatable bonds is 3. The first-order valence-electron chi connectivity index (χ1n) is 10.6. The second kappa shape index (κ2) is 8.43. The van der Waals surface area contributed by atoms with E-state index >= 15 is 0 Å². The molecule has 0 aliphatic carbocycles. The highest BCUT2D eigenvalue weighted by molar-refractivity contribution is 6.31. The quantitative estimate of drug-likeness (QED) is 0.459. The Labute approximate surface area is 195 Å². The minimum atomic E-state index is -0.325. The van der Waals surface area contributed by atoms with Gasteiger partial charge in [-0.2, -0.15) is 10.4 Å². The molecule has 2 atom stereocenters. The standard InChI is InChI=1S/C24H21ClN6O2/c1-14-21(25)24(32)31-13-19(17-7-8-33-20(9-17)18-11-27-30(2)12-18)29-22(23(31)28-14)16-5-3-15(10-26)4-6-16/h3-6,11-13,17,20H,7-9H2,1-2H3/t17-,20+/m1/s1.